The molecule has 0 atom stereocenters. The molecule has 0 spiro atoms. The Morgan fingerprint density at radius 3 is 2.79 bits per heavy atom. The first-order valence-electron chi connectivity index (χ1n) is 6.17. The first kappa shape index (κ1) is 11.8. The van der Waals surface area contributed by atoms with Crippen molar-refractivity contribution in [3.63, 3.8) is 0 Å². The normalized spacial score (nSPS) is 13.9. The number of nitrogens with zero attached hydrogens (tertiary/aromatic N) is 2. The van der Waals surface area contributed by atoms with Crippen molar-refractivity contribution in [3.8, 4) is 11.5 Å². The molecule has 98 valence electrons. The SMILES string of the molecule is Cn1ccnc1C(=O)c1ccc2c(c1)OCCCO2. The third kappa shape index (κ3) is 2.19. The highest BCUT2D eigenvalue weighted by Crippen LogP contribution is 2.30. The number of rotatable bonds is 2. The molecule has 0 unspecified atom stereocenters. The van der Waals surface area contributed by atoms with Crippen molar-refractivity contribution in [1.29, 1.82) is 0 Å². The van der Waals surface area contributed by atoms with Crippen molar-refractivity contribution in [2.24, 2.45) is 7.05 Å². The van der Waals surface area contributed by atoms with Gasteiger partial charge in [-0.25, -0.2) is 4.98 Å². The minimum atomic E-state index is -0.122. The van der Waals surface area contributed by atoms with Crippen LogP contribution >= 0.6 is 0 Å². The van der Waals surface area contributed by atoms with Crippen LogP contribution in [0.3, 0.4) is 0 Å². The fraction of sp³-hybridized carbons (Fsp3) is 0.286. The number of hydrogen-bond donors (Lipinski definition) is 0. The maximum atomic E-state index is 12.3. The third-order valence-corrected chi connectivity index (χ3v) is 3.03. The molecule has 1 aliphatic heterocycles. The molecule has 0 radical (unpaired) electrons. The summed E-state index contributed by atoms with van der Waals surface area (Å²) < 4.78 is 12.8. The molecule has 1 aromatic heterocycles. The van der Waals surface area contributed by atoms with E-state index in [0.29, 0.717) is 36.1 Å². The van der Waals surface area contributed by atoms with Crippen LogP contribution in [0.25, 0.3) is 0 Å². The monoisotopic (exact) mass is 258 g/mol. The number of ether oxygens (including phenoxy) is 2. The molecule has 0 N–H and O–H groups in total. The summed E-state index contributed by atoms with van der Waals surface area (Å²) in [6, 6.07) is 5.24. The quantitative estimate of drug-likeness (QED) is 0.771. The summed E-state index contributed by atoms with van der Waals surface area (Å²) in [7, 11) is 1.79. The summed E-state index contributed by atoms with van der Waals surface area (Å²) in [5, 5.41) is 0. The summed E-state index contributed by atoms with van der Waals surface area (Å²) in [5.41, 5.74) is 0.554. The molecule has 5 heteroatoms. The highest BCUT2D eigenvalue weighted by molar-refractivity contribution is 6.07. The Balaban J connectivity index is 1.96. The van der Waals surface area contributed by atoms with Crippen LogP contribution in [0.15, 0.2) is 30.6 Å². The molecule has 0 aliphatic carbocycles. The van der Waals surface area contributed by atoms with Crippen molar-refractivity contribution in [3.05, 3.63) is 42.0 Å². The molecular formula is C14H14N2O3. The van der Waals surface area contributed by atoms with Crippen LogP contribution in [0.5, 0.6) is 11.5 Å². The van der Waals surface area contributed by atoms with Gasteiger partial charge in [-0.1, -0.05) is 0 Å². The zero-order chi connectivity index (χ0) is 13.2. The Labute approximate surface area is 110 Å². The van der Waals surface area contributed by atoms with E-state index in [2.05, 4.69) is 4.98 Å². The Morgan fingerprint density at radius 1 is 1.26 bits per heavy atom. The van der Waals surface area contributed by atoms with Crippen LogP contribution < -0.4 is 9.47 Å². The van der Waals surface area contributed by atoms with E-state index in [1.807, 2.05) is 0 Å². The summed E-state index contributed by atoms with van der Waals surface area (Å²) in [6.07, 6.45) is 4.20. The van der Waals surface area contributed by atoms with Gasteiger partial charge in [0.05, 0.1) is 13.2 Å². The summed E-state index contributed by atoms with van der Waals surface area (Å²) in [5.74, 6) is 1.60. The number of carbonyl (C=O) groups excluding carboxylic acids is 1. The molecule has 0 amide bonds. The second-order valence-corrected chi connectivity index (χ2v) is 4.40. The van der Waals surface area contributed by atoms with E-state index in [1.165, 1.54) is 0 Å². The maximum absolute atomic E-state index is 12.3. The summed E-state index contributed by atoms with van der Waals surface area (Å²) >= 11 is 0. The first-order valence-corrected chi connectivity index (χ1v) is 6.17. The average Bonchev–Trinajstić information content (AvgIpc) is 2.72. The largest absolute Gasteiger partial charge is 0.490 e. The Kier molecular flexibility index (Phi) is 2.95. The smallest absolute Gasteiger partial charge is 0.228 e. The van der Waals surface area contributed by atoms with Crippen LogP contribution in [-0.4, -0.2) is 28.5 Å². The van der Waals surface area contributed by atoms with Crippen LogP contribution in [0, 0.1) is 0 Å². The van der Waals surface area contributed by atoms with Crippen LogP contribution in [0.4, 0.5) is 0 Å². The number of benzene rings is 1. The maximum Gasteiger partial charge on any atom is 0.228 e. The van der Waals surface area contributed by atoms with E-state index < -0.39 is 0 Å². The molecule has 1 aromatic carbocycles. The van der Waals surface area contributed by atoms with Gasteiger partial charge < -0.3 is 14.0 Å². The second kappa shape index (κ2) is 4.76. The van der Waals surface area contributed by atoms with Gasteiger partial charge in [0, 0.05) is 31.4 Å². The zero-order valence-corrected chi connectivity index (χ0v) is 10.6. The minimum absolute atomic E-state index is 0.122. The lowest BCUT2D eigenvalue weighted by molar-refractivity contribution is 0.102. The molecule has 19 heavy (non-hydrogen) atoms. The van der Waals surface area contributed by atoms with E-state index in [9.17, 15) is 4.79 Å². The number of aryl methyl sites for hydroxylation is 1. The summed E-state index contributed by atoms with van der Waals surface area (Å²) in [4.78, 5) is 16.4. The second-order valence-electron chi connectivity index (χ2n) is 4.40. The van der Waals surface area contributed by atoms with Gasteiger partial charge in [-0.05, 0) is 18.2 Å². The highest BCUT2D eigenvalue weighted by atomic mass is 16.5. The van der Waals surface area contributed by atoms with Gasteiger partial charge in [0.15, 0.2) is 17.3 Å². The number of ketones is 1. The lowest BCUT2D eigenvalue weighted by Gasteiger charge is -2.08. The number of aromatic nitrogens is 2. The van der Waals surface area contributed by atoms with E-state index >= 15 is 0 Å². The average molecular weight is 258 g/mol. The standard InChI is InChI=1S/C14H14N2O3/c1-16-6-5-15-14(16)13(17)10-3-4-11-12(9-10)19-8-2-7-18-11/h3-6,9H,2,7-8H2,1H3. The van der Waals surface area contributed by atoms with Crippen LogP contribution in [0.1, 0.15) is 22.6 Å². The van der Waals surface area contributed by atoms with Gasteiger partial charge in [0.25, 0.3) is 0 Å². The lowest BCUT2D eigenvalue weighted by atomic mass is 10.1. The van der Waals surface area contributed by atoms with Gasteiger partial charge in [0.2, 0.25) is 5.78 Å². The number of fused-ring (bicyclic) bond motifs is 1. The molecule has 0 bridgehead atoms. The molecule has 2 aromatic rings. The third-order valence-electron chi connectivity index (χ3n) is 3.03. The van der Waals surface area contributed by atoms with Gasteiger partial charge >= 0.3 is 0 Å². The van der Waals surface area contributed by atoms with Gasteiger partial charge in [-0.2, -0.15) is 0 Å². The van der Waals surface area contributed by atoms with E-state index in [0.717, 1.165) is 6.42 Å². The minimum Gasteiger partial charge on any atom is -0.490 e. The highest BCUT2D eigenvalue weighted by Gasteiger charge is 2.17. The van der Waals surface area contributed by atoms with Crippen molar-refractivity contribution >= 4 is 5.78 Å². The molecule has 0 saturated heterocycles. The van der Waals surface area contributed by atoms with Crippen LogP contribution in [-0.2, 0) is 7.05 Å². The lowest BCUT2D eigenvalue weighted by Crippen LogP contribution is -2.09. The summed E-state index contributed by atoms with van der Waals surface area (Å²) in [6.45, 7) is 1.24. The number of carbonyl (C=O) groups is 1. The van der Waals surface area contributed by atoms with Crippen molar-refractivity contribution in [2.75, 3.05) is 13.2 Å². The zero-order valence-electron chi connectivity index (χ0n) is 10.6. The molecule has 2 heterocycles. The molecule has 1 aliphatic rings. The number of hydrogen-bond acceptors (Lipinski definition) is 4. The van der Waals surface area contributed by atoms with E-state index in [1.54, 1.807) is 42.2 Å². The predicted octanol–water partition coefficient (Wildman–Crippen LogP) is 1.81. The fourth-order valence-electron chi connectivity index (χ4n) is 2.02. The number of imidazole rings is 1. The fourth-order valence-corrected chi connectivity index (χ4v) is 2.02. The molecule has 5 nitrogen and oxygen atoms in total. The predicted molar refractivity (Wildman–Crippen MR) is 68.7 cm³/mol. The molecule has 3 rings (SSSR count). The Hall–Kier alpha value is -2.30. The van der Waals surface area contributed by atoms with Gasteiger partial charge in [0.1, 0.15) is 0 Å². The topological polar surface area (TPSA) is 53.4 Å². The van der Waals surface area contributed by atoms with Crippen molar-refractivity contribution in [2.45, 2.75) is 6.42 Å². The van der Waals surface area contributed by atoms with Gasteiger partial charge in [-0.3, -0.25) is 4.79 Å². The molecule has 0 saturated carbocycles. The Morgan fingerprint density at radius 2 is 2.05 bits per heavy atom. The molecule has 0 fully saturated rings. The first-order chi connectivity index (χ1) is 9.25. The van der Waals surface area contributed by atoms with Gasteiger partial charge in [-0.15, -0.1) is 0 Å². The van der Waals surface area contributed by atoms with Crippen molar-refractivity contribution < 1.29 is 14.3 Å². The van der Waals surface area contributed by atoms with Crippen LogP contribution in [0.2, 0.25) is 0 Å². The van der Waals surface area contributed by atoms with E-state index in [-0.39, 0.29) is 5.78 Å². The Bertz CT molecular complexity index is 619. The molecular weight excluding hydrogens is 244 g/mol. The van der Waals surface area contributed by atoms with E-state index in [4.69, 9.17) is 9.47 Å². The van der Waals surface area contributed by atoms with Crippen molar-refractivity contribution in [1.82, 2.24) is 9.55 Å².